The number of aromatic nitrogens is 1. The minimum absolute atomic E-state index is 0.0539. The van der Waals surface area contributed by atoms with Gasteiger partial charge in [-0.2, -0.15) is 0 Å². The molecule has 5 aliphatic rings. The number of aromatic hydroxyl groups is 1. The lowest BCUT2D eigenvalue weighted by molar-refractivity contribution is -0.162. The first-order valence-corrected chi connectivity index (χ1v) is 49.6. The standard InChI is InChI=1S/C91H123ClN16O20S4/c1-51-21-20-27-72(125-8)91(123)46-71(126-89(122)106-91)52(2)78-90(4,128-78)73(45-75(111)108(6)69-42-56(39-51)43-70(124-7)76(69)92)127-87(120)53(3)107(5)74(110)34-38-129-130-48-66(79(95)112)102-85(118)68-50-132-131-49-67(103-80(113)61(94)40-54-22-12-11-13-23-54)84(117)100-64(41-55-28-32-59(109)33-29-55)82(115)101-65(44-58-47-98-62-25-15-14-24-60(58)62)83(116)99-63(81(114)105-77(57-30-31-57)86(119)104-68)26-16-19-37-97-88(121)96-36-18-10-9-17-35-93/h11-15,20-25,27-29,32-33,42-43,47,52-53,57,61,63-68,71-73,77-78,98,109,123H,9-10,16-19,26,30-31,34-41,44-46,48-50,93-94H2,1-8H3,(H2,95,112)(H,99,116)(H,100,117)(H,101,115)(H,102,118)(H,103,113)(H,104,119)(H,105,114)(H,106,122)(H2,96,97,121). The van der Waals surface area contributed by atoms with Crippen molar-refractivity contribution < 1.29 is 96.2 Å². The molecule has 132 heavy (non-hydrogen) atoms. The summed E-state index contributed by atoms with van der Waals surface area (Å²) in [5.74, 6) is -10.4. The van der Waals surface area contributed by atoms with Gasteiger partial charge in [0.2, 0.25) is 59.1 Å². The fourth-order valence-electron chi connectivity index (χ4n) is 15.8. The first kappa shape index (κ1) is 104. The number of unbranched alkanes of at least 4 members (excludes halogenated alkanes) is 4. The fourth-order valence-corrected chi connectivity index (χ4v) is 20.6. The average Bonchev–Trinajstić information content (AvgIpc) is 1.57. The molecule has 0 radical (unpaired) electrons. The quantitative estimate of drug-likeness (QED) is 0.0109. The number of epoxide rings is 1. The molecule has 36 nitrogen and oxygen atoms in total. The van der Waals surface area contributed by atoms with Crippen molar-refractivity contribution in [2.45, 2.75) is 221 Å². The lowest BCUT2D eigenvalue weighted by atomic mass is 9.83. The maximum absolute atomic E-state index is 15.3. The van der Waals surface area contributed by atoms with Crippen LogP contribution >= 0.6 is 54.8 Å². The van der Waals surface area contributed by atoms with Gasteiger partial charge in [0.25, 0.3) is 0 Å². The zero-order chi connectivity index (χ0) is 95.5. The number of amides is 13. The summed E-state index contributed by atoms with van der Waals surface area (Å²) in [6, 6.07) is 12.6. The molecule has 13 amide bonds. The topological polar surface area (TPSA) is 532 Å². The Morgan fingerprint density at radius 1 is 0.803 bits per heavy atom. The number of anilines is 1. The number of likely N-dealkylation sites (N-methyl/N-ethyl adjacent to an activating group) is 1. The van der Waals surface area contributed by atoms with E-state index in [1.54, 1.807) is 92.9 Å². The number of para-hydroxylation sites is 1. The monoisotopic (exact) mass is 1920 g/mol. The molecular formula is C91H123ClN16O20S4. The number of allylic oxidation sites excluding steroid dienone is 3. The molecule has 16 atom stereocenters. The van der Waals surface area contributed by atoms with Crippen LogP contribution in [-0.4, -0.2) is 258 Å². The molecule has 4 fully saturated rings. The number of alkyl carbamates (subject to hydrolysis) is 1. The number of urea groups is 1. The molecule has 0 spiro atoms. The van der Waals surface area contributed by atoms with Crippen molar-refractivity contribution in [2.75, 3.05) is 75.9 Å². The van der Waals surface area contributed by atoms with Crippen LogP contribution in [0.25, 0.3) is 10.9 Å². The maximum atomic E-state index is 15.3. The van der Waals surface area contributed by atoms with E-state index >= 15 is 24.0 Å². The number of rotatable bonds is 34. The van der Waals surface area contributed by atoms with E-state index in [2.05, 4.69) is 58.2 Å². The highest BCUT2D eigenvalue weighted by Crippen LogP contribution is 2.50. The number of halogens is 1. The Labute approximate surface area is 788 Å². The second-order valence-corrected chi connectivity index (χ2v) is 39.6. The lowest BCUT2D eigenvalue weighted by Crippen LogP contribution is -2.63. The predicted molar refractivity (Wildman–Crippen MR) is 506 cm³/mol. The number of aromatic amines is 1. The highest BCUT2D eigenvalue weighted by molar-refractivity contribution is 8.77. The number of phenolic OH excluding ortho intramolecular Hbond substituents is 1. The number of aliphatic hydroxyl groups is 1. The van der Waals surface area contributed by atoms with Gasteiger partial charge in [0.1, 0.15) is 88.8 Å². The Bertz CT molecular complexity index is 4940. The van der Waals surface area contributed by atoms with Gasteiger partial charge in [-0.15, -0.1) is 0 Å². The van der Waals surface area contributed by atoms with Crippen LogP contribution in [0.15, 0.2) is 121 Å². The maximum Gasteiger partial charge on any atom is 0.409 e. The number of fused-ring (bicyclic) bond motifs is 6. The zero-order valence-electron chi connectivity index (χ0n) is 75.3. The van der Waals surface area contributed by atoms with Gasteiger partial charge in [0, 0.05) is 106 Å². The van der Waals surface area contributed by atoms with Gasteiger partial charge in [-0.25, -0.2) is 14.4 Å². The minimum Gasteiger partial charge on any atom is -0.508 e. The third kappa shape index (κ3) is 29.6. The number of methoxy groups -OCH3 is 2. The van der Waals surface area contributed by atoms with Crippen molar-refractivity contribution in [3.8, 4) is 11.5 Å². The molecule has 1 aliphatic carbocycles. The number of nitrogens with one attached hydrogen (secondary N) is 11. The first-order valence-electron chi connectivity index (χ1n) is 44.2. The molecule has 5 aromatic rings. The second-order valence-electron chi connectivity index (χ2n) is 34.0. The summed E-state index contributed by atoms with van der Waals surface area (Å²) in [6.45, 7) is 7.89. The number of carbonyl (C=O) groups is 13. The summed E-state index contributed by atoms with van der Waals surface area (Å²) in [5, 5.41) is 51.1. The van der Waals surface area contributed by atoms with Crippen molar-refractivity contribution >= 4 is 149 Å². The van der Waals surface area contributed by atoms with E-state index in [0.29, 0.717) is 72.1 Å². The number of carbonyl (C=O) groups excluding carboxylic acids is 13. The van der Waals surface area contributed by atoms with Gasteiger partial charge in [0.15, 0.2) is 5.72 Å². The average molecular weight is 1920 g/mol. The van der Waals surface area contributed by atoms with Crippen molar-refractivity contribution in [1.82, 2.24) is 63.1 Å². The van der Waals surface area contributed by atoms with E-state index < -0.39 is 186 Å². The van der Waals surface area contributed by atoms with Crippen LogP contribution in [0.3, 0.4) is 0 Å². The summed E-state index contributed by atoms with van der Waals surface area (Å²) in [4.78, 5) is 194. The normalized spacial score (nSPS) is 25.0. The Balaban J connectivity index is 0.856. The molecule has 4 aliphatic heterocycles. The van der Waals surface area contributed by atoms with Gasteiger partial charge in [0.05, 0.1) is 31.4 Å². The van der Waals surface area contributed by atoms with E-state index in [1.807, 2.05) is 31.2 Å². The number of benzene rings is 4. The molecular weight excluding hydrogens is 1800 g/mol. The summed E-state index contributed by atoms with van der Waals surface area (Å²) < 4.78 is 29.8. The SMILES string of the molecule is COc1cc2cc(c1Cl)N(C)C(=O)CC(OC(=O)C(C)N(C)C(=O)CCSSCC(NC(=O)C1CSSCC(NC(=O)C(N)Cc3ccccc3)C(=O)NC(Cc3ccc(O)cc3)C(=O)NC(Cc3c[nH]c4ccccc34)C(=O)NC(CCCCNC(=O)NCCCCCCN)C(=O)NC(C3CC3)C(=O)N1)C(N)=O)C1(C)OC1C(C)C1CC(O)(NC(=O)O1)C(OC)C=CC=C(C)C2. The van der Waals surface area contributed by atoms with Gasteiger partial charge < -0.3 is 114 Å². The molecule has 718 valence electrons. The second kappa shape index (κ2) is 49.6. The van der Waals surface area contributed by atoms with Crippen LogP contribution in [0, 0.1) is 11.8 Å². The molecule has 41 heteroatoms. The van der Waals surface area contributed by atoms with Crippen LogP contribution in [0.2, 0.25) is 5.02 Å². The van der Waals surface area contributed by atoms with Crippen LogP contribution in [-0.2, 0) is 97.4 Å². The fraction of sp³-hybridized carbons (Fsp3) is 0.527. The van der Waals surface area contributed by atoms with Crippen LogP contribution in [0.1, 0.15) is 127 Å². The highest BCUT2D eigenvalue weighted by Gasteiger charge is 2.65. The molecule has 4 aromatic carbocycles. The smallest absolute Gasteiger partial charge is 0.409 e. The van der Waals surface area contributed by atoms with E-state index in [-0.39, 0.29) is 91.0 Å². The van der Waals surface area contributed by atoms with Crippen molar-refractivity contribution in [3.63, 3.8) is 0 Å². The number of hydrogen-bond donors (Lipinski definition) is 16. The third-order valence-corrected chi connectivity index (χ3v) is 29.2. The van der Waals surface area contributed by atoms with Gasteiger partial charge in [-0.3, -0.25) is 53.3 Å². The Morgan fingerprint density at radius 3 is 2.17 bits per heavy atom. The van der Waals surface area contributed by atoms with Crippen LogP contribution < -0.4 is 80.0 Å². The molecule has 1 saturated carbocycles. The highest BCUT2D eigenvalue weighted by atomic mass is 35.5. The third-order valence-electron chi connectivity index (χ3n) is 24.0. The summed E-state index contributed by atoms with van der Waals surface area (Å²) in [6.07, 6.45) is 5.78. The van der Waals surface area contributed by atoms with Gasteiger partial charge >= 0.3 is 18.1 Å². The Morgan fingerprint density at radius 2 is 1.47 bits per heavy atom. The van der Waals surface area contributed by atoms with Crippen molar-refractivity contribution in [3.05, 3.63) is 148 Å². The number of phenols is 1. The Kier molecular flexibility index (Phi) is 39.0. The number of ether oxygens (including phenoxy) is 5. The molecule has 3 saturated heterocycles. The molecule has 5 heterocycles. The predicted octanol–water partition coefficient (Wildman–Crippen LogP) is 5.20. The van der Waals surface area contributed by atoms with Crippen molar-refractivity contribution in [2.24, 2.45) is 29.0 Å². The first-order chi connectivity index (χ1) is 63.1. The van der Waals surface area contributed by atoms with E-state index in [1.165, 1.54) is 57.2 Å². The summed E-state index contributed by atoms with van der Waals surface area (Å²) in [5.41, 5.74) is 19.2. The molecule has 16 unspecified atom stereocenters. The van der Waals surface area contributed by atoms with Crippen molar-refractivity contribution in [1.29, 1.82) is 0 Å². The number of nitrogens with two attached hydrogens (primary N) is 3. The number of esters is 1. The Hall–Kier alpha value is -10.3. The number of primary amides is 1. The zero-order valence-corrected chi connectivity index (χ0v) is 79.3. The van der Waals surface area contributed by atoms with E-state index in [0.717, 1.165) is 80.0 Å². The number of H-pyrrole nitrogens is 1. The van der Waals surface area contributed by atoms with E-state index in [4.69, 9.17) is 52.5 Å². The molecule has 4 bridgehead atoms. The molecule has 19 N–H and O–H groups in total. The molecule has 10 rings (SSSR count). The minimum atomic E-state index is -1.95. The van der Waals surface area contributed by atoms with Crippen LogP contribution in [0.4, 0.5) is 15.3 Å². The molecule has 1 aromatic heterocycles. The number of hydrogen-bond acceptors (Lipinski definition) is 26. The summed E-state index contributed by atoms with van der Waals surface area (Å²) in [7, 11) is 9.92. The van der Waals surface area contributed by atoms with Crippen LogP contribution in [0.5, 0.6) is 11.5 Å². The summed E-state index contributed by atoms with van der Waals surface area (Å²) >= 11 is 6.91. The lowest BCUT2D eigenvalue weighted by Gasteiger charge is -2.42. The van der Waals surface area contributed by atoms with Gasteiger partial charge in [-0.05, 0) is 144 Å². The largest absolute Gasteiger partial charge is 0.508 e. The number of nitrogens with zero attached hydrogens (tertiary/aromatic N) is 2. The van der Waals surface area contributed by atoms with Gasteiger partial charge in [-0.1, -0.05) is 159 Å². The van der Waals surface area contributed by atoms with E-state index in [9.17, 15) is 48.6 Å².